The standard InChI is InChI=1S/C26H36N6O2S/c1-33-23-7-3-2-6-22(23)32-13-11-30(12-14-32)10-5-4-9-27-25-21-8-19-35-26(21)29-24(28-25)20-31-15-17-34-18-16-31/h2-3,6-8,19H,4-5,9-18,20H2,1H3,(H,27,28,29). The number of aromatic nitrogens is 2. The Labute approximate surface area is 211 Å². The summed E-state index contributed by atoms with van der Waals surface area (Å²) in [6, 6.07) is 10.4. The second-order valence-corrected chi connectivity index (χ2v) is 10.0. The van der Waals surface area contributed by atoms with Gasteiger partial charge in [0.2, 0.25) is 0 Å². The zero-order valence-corrected chi connectivity index (χ0v) is 21.4. The van der Waals surface area contributed by atoms with Crippen molar-refractivity contribution in [3.8, 4) is 5.75 Å². The molecule has 0 radical (unpaired) electrons. The maximum absolute atomic E-state index is 5.54. The van der Waals surface area contributed by atoms with Gasteiger partial charge in [-0.2, -0.15) is 0 Å². The van der Waals surface area contributed by atoms with Gasteiger partial charge in [-0.1, -0.05) is 12.1 Å². The van der Waals surface area contributed by atoms with E-state index in [1.54, 1.807) is 18.4 Å². The van der Waals surface area contributed by atoms with Crippen LogP contribution in [0.1, 0.15) is 18.7 Å². The summed E-state index contributed by atoms with van der Waals surface area (Å²) in [5.41, 5.74) is 1.21. The molecule has 0 unspecified atom stereocenters. The zero-order valence-electron chi connectivity index (χ0n) is 20.6. The van der Waals surface area contributed by atoms with Crippen molar-refractivity contribution in [1.82, 2.24) is 19.8 Å². The Morgan fingerprint density at radius 2 is 1.80 bits per heavy atom. The highest BCUT2D eigenvalue weighted by Gasteiger charge is 2.19. The molecule has 0 saturated carbocycles. The van der Waals surface area contributed by atoms with Crippen LogP contribution < -0.4 is 15.0 Å². The summed E-state index contributed by atoms with van der Waals surface area (Å²) in [6.45, 7) is 10.6. The number of fused-ring (bicyclic) bond motifs is 1. The number of para-hydroxylation sites is 2. The number of nitrogens with one attached hydrogen (secondary N) is 1. The molecule has 2 aromatic heterocycles. The predicted molar refractivity (Wildman–Crippen MR) is 143 cm³/mol. The smallest absolute Gasteiger partial charge is 0.146 e. The summed E-state index contributed by atoms with van der Waals surface area (Å²) >= 11 is 1.69. The van der Waals surface area contributed by atoms with Gasteiger partial charge in [0.15, 0.2) is 0 Å². The maximum Gasteiger partial charge on any atom is 0.146 e. The number of morpholine rings is 1. The molecular weight excluding hydrogens is 460 g/mol. The van der Waals surface area contributed by atoms with Crippen LogP contribution in [0.4, 0.5) is 11.5 Å². The van der Waals surface area contributed by atoms with E-state index >= 15 is 0 Å². The fraction of sp³-hybridized carbons (Fsp3) is 0.538. The van der Waals surface area contributed by atoms with Gasteiger partial charge in [0.1, 0.15) is 22.2 Å². The van der Waals surface area contributed by atoms with Gasteiger partial charge in [-0.3, -0.25) is 9.80 Å². The van der Waals surface area contributed by atoms with Gasteiger partial charge >= 0.3 is 0 Å². The maximum atomic E-state index is 5.54. The largest absolute Gasteiger partial charge is 0.495 e. The van der Waals surface area contributed by atoms with Gasteiger partial charge in [-0.05, 0) is 43.0 Å². The molecule has 1 aromatic carbocycles. The molecular formula is C26H36N6O2S. The van der Waals surface area contributed by atoms with Crippen LogP contribution in [-0.2, 0) is 11.3 Å². The number of anilines is 2. The van der Waals surface area contributed by atoms with Crippen molar-refractivity contribution in [3.05, 3.63) is 41.5 Å². The highest BCUT2D eigenvalue weighted by atomic mass is 32.1. The first-order chi connectivity index (χ1) is 17.3. The molecule has 4 heterocycles. The van der Waals surface area contributed by atoms with E-state index in [1.807, 2.05) is 12.1 Å². The number of piperazine rings is 1. The minimum absolute atomic E-state index is 0.784. The summed E-state index contributed by atoms with van der Waals surface area (Å²) in [5, 5.41) is 6.84. The first kappa shape index (κ1) is 24.2. The first-order valence-corrected chi connectivity index (χ1v) is 13.6. The molecule has 8 nitrogen and oxygen atoms in total. The summed E-state index contributed by atoms with van der Waals surface area (Å²) in [5.74, 6) is 2.84. The van der Waals surface area contributed by atoms with E-state index < -0.39 is 0 Å². The molecule has 2 fully saturated rings. The Bertz CT molecular complexity index is 1080. The second kappa shape index (κ2) is 12.0. The Morgan fingerprint density at radius 1 is 0.971 bits per heavy atom. The van der Waals surface area contributed by atoms with Crippen molar-refractivity contribution in [2.75, 3.05) is 82.9 Å². The van der Waals surface area contributed by atoms with Crippen LogP contribution in [0, 0.1) is 0 Å². The van der Waals surface area contributed by atoms with Crippen molar-refractivity contribution >= 4 is 33.1 Å². The molecule has 2 aliphatic heterocycles. The highest BCUT2D eigenvalue weighted by molar-refractivity contribution is 7.16. The van der Waals surface area contributed by atoms with Gasteiger partial charge < -0.3 is 19.7 Å². The SMILES string of the molecule is COc1ccccc1N1CCN(CCCCNc2nc(CN3CCOCC3)nc3sccc23)CC1. The van der Waals surface area contributed by atoms with Crippen LogP contribution in [0.2, 0.25) is 0 Å². The third kappa shape index (κ3) is 6.22. The van der Waals surface area contributed by atoms with Crippen molar-refractivity contribution < 1.29 is 9.47 Å². The third-order valence-electron chi connectivity index (χ3n) is 6.83. The number of unbranched alkanes of at least 4 members (excludes halogenated alkanes) is 1. The van der Waals surface area contributed by atoms with Gasteiger partial charge in [-0.15, -0.1) is 11.3 Å². The number of hydrogen-bond donors (Lipinski definition) is 1. The van der Waals surface area contributed by atoms with Crippen molar-refractivity contribution in [2.45, 2.75) is 19.4 Å². The van der Waals surface area contributed by atoms with Crippen molar-refractivity contribution in [3.63, 3.8) is 0 Å². The molecule has 35 heavy (non-hydrogen) atoms. The monoisotopic (exact) mass is 496 g/mol. The molecule has 5 rings (SSSR count). The Hall–Kier alpha value is -2.46. The van der Waals surface area contributed by atoms with Gasteiger partial charge in [0.05, 0.1) is 37.9 Å². The van der Waals surface area contributed by atoms with E-state index in [0.29, 0.717) is 0 Å². The molecule has 0 spiro atoms. The Balaban J connectivity index is 1.07. The summed E-state index contributed by atoms with van der Waals surface area (Å²) in [4.78, 5) is 18.1. The lowest BCUT2D eigenvalue weighted by atomic mass is 10.2. The quantitative estimate of drug-likeness (QED) is 0.428. The number of rotatable bonds is 10. The molecule has 188 valence electrons. The normalized spacial score (nSPS) is 17.7. The van der Waals surface area contributed by atoms with Gasteiger partial charge in [0.25, 0.3) is 0 Å². The number of methoxy groups -OCH3 is 1. The average Bonchev–Trinajstić information content (AvgIpc) is 3.38. The lowest BCUT2D eigenvalue weighted by Crippen LogP contribution is -2.46. The molecule has 1 N–H and O–H groups in total. The predicted octanol–water partition coefficient (Wildman–Crippen LogP) is 3.55. The lowest BCUT2D eigenvalue weighted by molar-refractivity contribution is 0.0331. The molecule has 0 bridgehead atoms. The van der Waals surface area contributed by atoms with Crippen molar-refractivity contribution in [1.29, 1.82) is 0 Å². The highest BCUT2D eigenvalue weighted by Crippen LogP contribution is 2.28. The van der Waals surface area contributed by atoms with Gasteiger partial charge in [0, 0.05) is 45.8 Å². The Kier molecular flexibility index (Phi) is 8.30. The Morgan fingerprint density at radius 3 is 2.63 bits per heavy atom. The number of thiophene rings is 1. The average molecular weight is 497 g/mol. The first-order valence-electron chi connectivity index (χ1n) is 12.7. The molecule has 3 aromatic rings. The zero-order chi connectivity index (χ0) is 23.9. The summed E-state index contributed by atoms with van der Waals surface area (Å²) in [6.07, 6.45) is 2.31. The van der Waals surface area contributed by atoms with Gasteiger partial charge in [-0.25, -0.2) is 9.97 Å². The second-order valence-electron chi connectivity index (χ2n) is 9.15. The number of ether oxygens (including phenoxy) is 2. The van der Waals surface area contributed by atoms with Crippen LogP contribution in [0.15, 0.2) is 35.7 Å². The molecule has 0 amide bonds. The van der Waals surface area contributed by atoms with E-state index in [-0.39, 0.29) is 0 Å². The van der Waals surface area contributed by atoms with E-state index in [9.17, 15) is 0 Å². The van der Waals surface area contributed by atoms with Crippen LogP contribution in [0.5, 0.6) is 5.75 Å². The number of nitrogens with zero attached hydrogens (tertiary/aromatic N) is 5. The van der Waals surface area contributed by atoms with Crippen LogP contribution in [0.3, 0.4) is 0 Å². The number of benzene rings is 1. The van der Waals surface area contributed by atoms with Crippen molar-refractivity contribution in [2.24, 2.45) is 0 Å². The third-order valence-corrected chi connectivity index (χ3v) is 7.64. The van der Waals surface area contributed by atoms with E-state index in [1.165, 1.54) is 12.1 Å². The van der Waals surface area contributed by atoms with Crippen LogP contribution in [-0.4, -0.2) is 92.4 Å². The minimum atomic E-state index is 0.784. The van der Waals surface area contributed by atoms with E-state index in [0.717, 1.165) is 106 Å². The molecule has 0 aliphatic carbocycles. The minimum Gasteiger partial charge on any atom is -0.495 e. The number of hydrogen-bond acceptors (Lipinski definition) is 9. The van der Waals surface area contributed by atoms with E-state index in [4.69, 9.17) is 19.4 Å². The fourth-order valence-corrected chi connectivity index (χ4v) is 5.62. The van der Waals surface area contributed by atoms with Crippen LogP contribution in [0.25, 0.3) is 10.2 Å². The van der Waals surface area contributed by atoms with E-state index in [2.05, 4.69) is 43.6 Å². The topological polar surface area (TPSA) is 66.0 Å². The summed E-state index contributed by atoms with van der Waals surface area (Å²) < 4.78 is 11.0. The lowest BCUT2D eigenvalue weighted by Gasteiger charge is -2.36. The molecule has 2 saturated heterocycles. The molecule has 2 aliphatic rings. The van der Waals surface area contributed by atoms with Crippen LogP contribution >= 0.6 is 11.3 Å². The molecule has 0 atom stereocenters. The fourth-order valence-electron chi connectivity index (χ4n) is 4.83. The molecule has 9 heteroatoms. The summed E-state index contributed by atoms with van der Waals surface area (Å²) in [7, 11) is 1.75.